The first-order valence-corrected chi connectivity index (χ1v) is 7.43. The predicted octanol–water partition coefficient (Wildman–Crippen LogP) is 2.03. The SMILES string of the molecule is COc1cccc2c1OCC(NC(=O)c1cc(C)c(C(=O)O)o1)C2. The van der Waals surface area contributed by atoms with Gasteiger partial charge in [-0.3, -0.25) is 4.79 Å². The topological polar surface area (TPSA) is 98.0 Å². The summed E-state index contributed by atoms with van der Waals surface area (Å²) in [6, 6.07) is 6.77. The lowest BCUT2D eigenvalue weighted by molar-refractivity contribution is 0.0658. The van der Waals surface area contributed by atoms with Gasteiger partial charge in [-0.2, -0.15) is 0 Å². The molecular formula is C17H17NO6. The van der Waals surface area contributed by atoms with Crippen LogP contribution in [0, 0.1) is 6.92 Å². The minimum Gasteiger partial charge on any atom is -0.493 e. The Morgan fingerprint density at radius 1 is 1.38 bits per heavy atom. The number of amides is 1. The van der Waals surface area contributed by atoms with Crippen molar-refractivity contribution in [1.82, 2.24) is 5.32 Å². The monoisotopic (exact) mass is 331 g/mol. The molecular weight excluding hydrogens is 314 g/mol. The first kappa shape index (κ1) is 15.9. The van der Waals surface area contributed by atoms with Gasteiger partial charge in [0.2, 0.25) is 5.76 Å². The number of carbonyl (C=O) groups excluding carboxylic acids is 1. The predicted molar refractivity (Wildman–Crippen MR) is 83.9 cm³/mol. The number of carboxylic acids is 1. The second-order valence-corrected chi connectivity index (χ2v) is 5.56. The van der Waals surface area contributed by atoms with Gasteiger partial charge in [-0.1, -0.05) is 12.1 Å². The molecule has 0 fully saturated rings. The molecule has 7 heteroatoms. The number of furan rings is 1. The fourth-order valence-corrected chi connectivity index (χ4v) is 2.71. The maximum absolute atomic E-state index is 12.3. The third-order valence-corrected chi connectivity index (χ3v) is 3.85. The molecule has 1 amide bonds. The number of methoxy groups -OCH3 is 1. The molecule has 1 aromatic carbocycles. The standard InChI is InChI=1S/C17H17NO6/c1-9-6-13(24-14(9)17(20)21)16(19)18-11-7-10-4-3-5-12(22-2)15(10)23-8-11/h3-6,11H,7-8H2,1-2H3,(H,18,19)(H,20,21). The number of para-hydroxylation sites is 1. The van der Waals surface area contributed by atoms with Crippen molar-refractivity contribution in [3.05, 3.63) is 46.9 Å². The van der Waals surface area contributed by atoms with Crippen molar-refractivity contribution in [3.8, 4) is 11.5 Å². The number of carboxylic acid groups (broad SMARTS) is 1. The minimum absolute atomic E-state index is 0.0265. The highest BCUT2D eigenvalue weighted by Gasteiger charge is 2.26. The van der Waals surface area contributed by atoms with Crippen molar-refractivity contribution in [2.45, 2.75) is 19.4 Å². The van der Waals surface area contributed by atoms with Crippen LogP contribution in [0.25, 0.3) is 0 Å². The highest BCUT2D eigenvalue weighted by atomic mass is 16.5. The largest absolute Gasteiger partial charge is 0.493 e. The normalized spacial score (nSPS) is 16.0. The molecule has 7 nitrogen and oxygen atoms in total. The van der Waals surface area contributed by atoms with E-state index in [9.17, 15) is 9.59 Å². The molecule has 0 bridgehead atoms. The molecule has 2 heterocycles. The van der Waals surface area contributed by atoms with Gasteiger partial charge in [0.1, 0.15) is 6.61 Å². The molecule has 1 aliphatic rings. The summed E-state index contributed by atoms with van der Waals surface area (Å²) in [7, 11) is 1.58. The Hall–Kier alpha value is -2.96. The van der Waals surface area contributed by atoms with Crippen LogP contribution in [0.1, 0.15) is 32.2 Å². The molecule has 0 saturated heterocycles. The zero-order valence-electron chi connectivity index (χ0n) is 13.3. The molecule has 1 aliphatic heterocycles. The lowest BCUT2D eigenvalue weighted by Gasteiger charge is -2.26. The number of ether oxygens (including phenoxy) is 2. The lowest BCUT2D eigenvalue weighted by Crippen LogP contribution is -2.42. The number of rotatable bonds is 4. The number of aromatic carboxylic acids is 1. The lowest BCUT2D eigenvalue weighted by atomic mass is 10.0. The van der Waals surface area contributed by atoms with E-state index in [1.54, 1.807) is 14.0 Å². The number of aryl methyl sites for hydroxylation is 1. The van der Waals surface area contributed by atoms with Crippen LogP contribution in [-0.2, 0) is 6.42 Å². The van der Waals surface area contributed by atoms with Crippen LogP contribution >= 0.6 is 0 Å². The van der Waals surface area contributed by atoms with Crippen molar-refractivity contribution >= 4 is 11.9 Å². The van der Waals surface area contributed by atoms with Gasteiger partial charge in [-0.15, -0.1) is 0 Å². The van der Waals surface area contributed by atoms with E-state index in [-0.39, 0.29) is 17.6 Å². The van der Waals surface area contributed by atoms with Gasteiger partial charge in [0.25, 0.3) is 5.91 Å². The molecule has 1 atom stereocenters. The summed E-state index contributed by atoms with van der Waals surface area (Å²) < 4.78 is 16.1. The number of carbonyl (C=O) groups is 2. The highest BCUT2D eigenvalue weighted by molar-refractivity contribution is 5.94. The van der Waals surface area contributed by atoms with Crippen LogP contribution in [-0.4, -0.2) is 36.7 Å². The first-order chi connectivity index (χ1) is 11.5. The maximum atomic E-state index is 12.3. The Morgan fingerprint density at radius 2 is 2.17 bits per heavy atom. The van der Waals surface area contributed by atoms with Crippen LogP contribution in [0.15, 0.2) is 28.7 Å². The maximum Gasteiger partial charge on any atom is 0.372 e. The number of nitrogens with one attached hydrogen (secondary N) is 1. The second-order valence-electron chi connectivity index (χ2n) is 5.56. The smallest absolute Gasteiger partial charge is 0.372 e. The van der Waals surface area contributed by atoms with Gasteiger partial charge in [0, 0.05) is 11.1 Å². The van der Waals surface area contributed by atoms with Gasteiger partial charge in [0.05, 0.1) is 13.2 Å². The van der Waals surface area contributed by atoms with Crippen molar-refractivity contribution in [2.75, 3.05) is 13.7 Å². The molecule has 0 radical (unpaired) electrons. The fourth-order valence-electron chi connectivity index (χ4n) is 2.71. The molecule has 0 aliphatic carbocycles. The van der Waals surface area contributed by atoms with Gasteiger partial charge in [0.15, 0.2) is 17.3 Å². The molecule has 0 saturated carbocycles. The molecule has 1 aromatic heterocycles. The Labute approximate surface area is 138 Å². The van der Waals surface area contributed by atoms with Gasteiger partial charge in [-0.25, -0.2) is 4.79 Å². The minimum atomic E-state index is -1.20. The van der Waals surface area contributed by atoms with E-state index >= 15 is 0 Å². The molecule has 0 spiro atoms. The van der Waals surface area contributed by atoms with Crippen LogP contribution in [0.2, 0.25) is 0 Å². The Balaban J connectivity index is 1.72. The first-order valence-electron chi connectivity index (χ1n) is 7.43. The Bertz CT molecular complexity index is 794. The molecule has 24 heavy (non-hydrogen) atoms. The summed E-state index contributed by atoms with van der Waals surface area (Å²) >= 11 is 0. The van der Waals surface area contributed by atoms with E-state index in [1.807, 2.05) is 18.2 Å². The summed E-state index contributed by atoms with van der Waals surface area (Å²) in [6.07, 6.45) is 0.587. The van der Waals surface area contributed by atoms with Gasteiger partial charge < -0.3 is 24.3 Å². The average Bonchev–Trinajstić information content (AvgIpc) is 2.96. The summed E-state index contributed by atoms with van der Waals surface area (Å²) in [5.41, 5.74) is 1.34. The molecule has 126 valence electrons. The van der Waals surface area contributed by atoms with E-state index in [2.05, 4.69) is 5.32 Å². The molecule has 1 unspecified atom stereocenters. The number of fused-ring (bicyclic) bond motifs is 1. The van der Waals surface area contributed by atoms with E-state index in [4.69, 9.17) is 19.0 Å². The summed E-state index contributed by atoms with van der Waals surface area (Å²) in [4.78, 5) is 23.2. The van der Waals surface area contributed by atoms with Crippen LogP contribution < -0.4 is 14.8 Å². The zero-order valence-corrected chi connectivity index (χ0v) is 13.3. The van der Waals surface area contributed by atoms with Crippen molar-refractivity contribution in [3.63, 3.8) is 0 Å². The van der Waals surface area contributed by atoms with E-state index in [1.165, 1.54) is 6.07 Å². The Kier molecular flexibility index (Phi) is 4.16. The van der Waals surface area contributed by atoms with Crippen molar-refractivity contribution < 1.29 is 28.6 Å². The summed E-state index contributed by atoms with van der Waals surface area (Å²) in [5.74, 6) is -0.576. The van der Waals surface area contributed by atoms with Crippen LogP contribution in [0.3, 0.4) is 0 Å². The van der Waals surface area contributed by atoms with Gasteiger partial charge in [-0.05, 0) is 25.5 Å². The van der Waals surface area contributed by atoms with E-state index < -0.39 is 11.9 Å². The number of hydrogen-bond acceptors (Lipinski definition) is 5. The highest BCUT2D eigenvalue weighted by Crippen LogP contribution is 2.34. The molecule has 2 N–H and O–H groups in total. The molecule has 2 aromatic rings. The van der Waals surface area contributed by atoms with Gasteiger partial charge >= 0.3 is 5.97 Å². The van der Waals surface area contributed by atoms with Crippen molar-refractivity contribution in [1.29, 1.82) is 0 Å². The summed E-state index contributed by atoms with van der Waals surface area (Å²) in [6.45, 7) is 1.88. The summed E-state index contributed by atoms with van der Waals surface area (Å²) in [5, 5.41) is 11.8. The number of hydrogen-bond donors (Lipinski definition) is 2. The van der Waals surface area contributed by atoms with E-state index in [0.717, 1.165) is 5.56 Å². The zero-order chi connectivity index (χ0) is 17.3. The third kappa shape index (κ3) is 2.92. The average molecular weight is 331 g/mol. The fraction of sp³-hybridized carbons (Fsp3) is 0.294. The Morgan fingerprint density at radius 3 is 2.83 bits per heavy atom. The second kappa shape index (κ2) is 6.27. The third-order valence-electron chi connectivity index (χ3n) is 3.85. The van der Waals surface area contributed by atoms with Crippen LogP contribution in [0.4, 0.5) is 0 Å². The quantitative estimate of drug-likeness (QED) is 0.889. The van der Waals surface area contributed by atoms with Crippen LogP contribution in [0.5, 0.6) is 11.5 Å². The molecule has 3 rings (SSSR count). The van der Waals surface area contributed by atoms with E-state index in [0.29, 0.717) is 30.1 Å². The number of benzene rings is 1. The van der Waals surface area contributed by atoms with Crippen molar-refractivity contribution in [2.24, 2.45) is 0 Å².